The van der Waals surface area contributed by atoms with Crippen LogP contribution in [0.5, 0.6) is 11.5 Å². The second kappa shape index (κ2) is 7.53. The molecule has 1 aliphatic heterocycles. The van der Waals surface area contributed by atoms with E-state index in [9.17, 15) is 17.6 Å². The van der Waals surface area contributed by atoms with Gasteiger partial charge in [-0.2, -0.15) is 8.78 Å². The Morgan fingerprint density at radius 2 is 1.31 bits per heavy atom. The first kappa shape index (κ1) is 18.5. The summed E-state index contributed by atoms with van der Waals surface area (Å²) in [7, 11) is 2.51. The molecule has 26 heavy (non-hydrogen) atoms. The van der Waals surface area contributed by atoms with E-state index in [-0.39, 0.29) is 35.2 Å². The van der Waals surface area contributed by atoms with E-state index < -0.39 is 29.4 Å². The standard InChI is InChI=1S/C19H18F4O3/c1-24-14-7-4-11(16(20)18(14)22)10-3-6-13(26-9-10)12-5-8-15(25-2)19(23)17(12)21/h4-5,7-8,10,13H,3,6,9H2,1-2H3. The molecule has 2 atom stereocenters. The van der Waals surface area contributed by atoms with Crippen molar-refractivity contribution < 1.29 is 31.8 Å². The zero-order chi connectivity index (χ0) is 18.8. The van der Waals surface area contributed by atoms with Gasteiger partial charge in [0.05, 0.1) is 26.9 Å². The fraction of sp³-hybridized carbons (Fsp3) is 0.368. The largest absolute Gasteiger partial charge is 0.494 e. The van der Waals surface area contributed by atoms with Crippen molar-refractivity contribution in [3.63, 3.8) is 0 Å². The van der Waals surface area contributed by atoms with E-state index in [1.807, 2.05) is 0 Å². The van der Waals surface area contributed by atoms with Gasteiger partial charge in [0, 0.05) is 11.5 Å². The highest BCUT2D eigenvalue weighted by atomic mass is 19.2. The van der Waals surface area contributed by atoms with Gasteiger partial charge in [0.2, 0.25) is 11.6 Å². The topological polar surface area (TPSA) is 27.7 Å². The van der Waals surface area contributed by atoms with Gasteiger partial charge < -0.3 is 14.2 Å². The first-order valence-electron chi connectivity index (χ1n) is 8.13. The van der Waals surface area contributed by atoms with Gasteiger partial charge in [-0.05, 0) is 36.6 Å². The maximum Gasteiger partial charge on any atom is 0.200 e. The monoisotopic (exact) mass is 370 g/mol. The molecule has 0 bridgehead atoms. The number of methoxy groups -OCH3 is 2. The van der Waals surface area contributed by atoms with Crippen molar-refractivity contribution in [1.82, 2.24) is 0 Å². The highest BCUT2D eigenvalue weighted by molar-refractivity contribution is 5.35. The zero-order valence-corrected chi connectivity index (χ0v) is 14.3. The average molecular weight is 370 g/mol. The average Bonchev–Trinajstić information content (AvgIpc) is 2.66. The van der Waals surface area contributed by atoms with Crippen LogP contribution in [0.4, 0.5) is 17.6 Å². The molecular formula is C19H18F4O3. The Hall–Kier alpha value is -2.28. The summed E-state index contributed by atoms with van der Waals surface area (Å²) in [5, 5.41) is 0. The Labute approximate surface area is 148 Å². The second-order valence-corrected chi connectivity index (χ2v) is 6.07. The minimum Gasteiger partial charge on any atom is -0.494 e. The van der Waals surface area contributed by atoms with Gasteiger partial charge >= 0.3 is 0 Å². The molecule has 1 heterocycles. The van der Waals surface area contributed by atoms with Crippen molar-refractivity contribution in [2.24, 2.45) is 0 Å². The lowest BCUT2D eigenvalue weighted by atomic mass is 9.89. The molecule has 0 radical (unpaired) electrons. The first-order valence-corrected chi connectivity index (χ1v) is 8.13. The lowest BCUT2D eigenvalue weighted by Gasteiger charge is -2.30. The summed E-state index contributed by atoms with van der Waals surface area (Å²) in [4.78, 5) is 0. The van der Waals surface area contributed by atoms with Crippen LogP contribution in [0.2, 0.25) is 0 Å². The van der Waals surface area contributed by atoms with Gasteiger partial charge in [0.25, 0.3) is 0 Å². The summed E-state index contributed by atoms with van der Waals surface area (Å²) in [6.07, 6.45) is 0.138. The molecule has 1 saturated heterocycles. The molecule has 0 saturated carbocycles. The van der Waals surface area contributed by atoms with Crippen LogP contribution in [0.1, 0.15) is 36.0 Å². The fourth-order valence-corrected chi connectivity index (χ4v) is 3.21. The van der Waals surface area contributed by atoms with Crippen molar-refractivity contribution in [3.8, 4) is 11.5 Å². The van der Waals surface area contributed by atoms with Crippen LogP contribution >= 0.6 is 0 Å². The van der Waals surface area contributed by atoms with Crippen LogP contribution in [0.15, 0.2) is 24.3 Å². The lowest BCUT2D eigenvalue weighted by Crippen LogP contribution is -2.21. The lowest BCUT2D eigenvalue weighted by molar-refractivity contribution is -0.000734. The molecule has 3 rings (SSSR count). The summed E-state index contributed by atoms with van der Waals surface area (Å²) in [6.45, 7) is 0.0699. The van der Waals surface area contributed by atoms with Gasteiger partial charge in [-0.3, -0.25) is 0 Å². The minimum absolute atomic E-state index is 0.0699. The Bertz CT molecular complexity index is 734. The molecule has 0 aromatic heterocycles. The van der Waals surface area contributed by atoms with E-state index >= 15 is 0 Å². The van der Waals surface area contributed by atoms with Crippen LogP contribution in [-0.2, 0) is 4.74 Å². The molecule has 0 aliphatic carbocycles. The molecular weight excluding hydrogens is 352 g/mol. The predicted octanol–water partition coefficient (Wildman–Crippen LogP) is 4.90. The van der Waals surface area contributed by atoms with E-state index in [0.29, 0.717) is 12.8 Å². The van der Waals surface area contributed by atoms with E-state index in [1.54, 1.807) is 0 Å². The highest BCUT2D eigenvalue weighted by Gasteiger charge is 2.30. The molecule has 2 aromatic rings. The first-order chi connectivity index (χ1) is 12.5. The molecule has 0 N–H and O–H groups in total. The van der Waals surface area contributed by atoms with E-state index in [4.69, 9.17) is 14.2 Å². The Balaban J connectivity index is 1.76. The van der Waals surface area contributed by atoms with E-state index in [2.05, 4.69) is 0 Å². The Morgan fingerprint density at radius 3 is 1.81 bits per heavy atom. The minimum atomic E-state index is -1.07. The molecule has 0 spiro atoms. The van der Waals surface area contributed by atoms with Crippen LogP contribution in [0.25, 0.3) is 0 Å². The van der Waals surface area contributed by atoms with Gasteiger partial charge in [-0.15, -0.1) is 0 Å². The molecule has 1 aliphatic rings. The number of hydrogen-bond donors (Lipinski definition) is 0. The molecule has 1 fully saturated rings. The van der Waals surface area contributed by atoms with Gasteiger partial charge in [0.15, 0.2) is 23.1 Å². The zero-order valence-electron chi connectivity index (χ0n) is 14.3. The Kier molecular flexibility index (Phi) is 5.36. The molecule has 0 amide bonds. The molecule has 140 valence electrons. The second-order valence-electron chi connectivity index (χ2n) is 6.07. The van der Waals surface area contributed by atoms with Gasteiger partial charge in [0.1, 0.15) is 0 Å². The van der Waals surface area contributed by atoms with Crippen LogP contribution in [0, 0.1) is 23.3 Å². The van der Waals surface area contributed by atoms with Crippen LogP contribution in [0.3, 0.4) is 0 Å². The quantitative estimate of drug-likeness (QED) is 0.717. The van der Waals surface area contributed by atoms with Gasteiger partial charge in [-0.25, -0.2) is 8.78 Å². The predicted molar refractivity (Wildman–Crippen MR) is 86.5 cm³/mol. The maximum absolute atomic E-state index is 14.2. The third kappa shape index (κ3) is 3.23. The summed E-state index contributed by atoms with van der Waals surface area (Å²) >= 11 is 0. The maximum atomic E-state index is 14.2. The smallest absolute Gasteiger partial charge is 0.200 e. The van der Waals surface area contributed by atoms with Crippen LogP contribution in [-0.4, -0.2) is 20.8 Å². The number of hydrogen-bond acceptors (Lipinski definition) is 3. The van der Waals surface area contributed by atoms with Crippen molar-refractivity contribution in [2.75, 3.05) is 20.8 Å². The number of ether oxygens (including phenoxy) is 3. The number of rotatable bonds is 4. The summed E-state index contributed by atoms with van der Waals surface area (Å²) in [6, 6.07) is 5.56. The normalized spacial score (nSPS) is 20.1. The van der Waals surface area contributed by atoms with Crippen molar-refractivity contribution in [3.05, 3.63) is 58.7 Å². The Morgan fingerprint density at radius 1 is 0.769 bits per heavy atom. The SMILES string of the molecule is COc1ccc(C2CCC(c3ccc(OC)c(F)c3F)OC2)c(F)c1F. The third-order valence-corrected chi connectivity index (χ3v) is 4.66. The third-order valence-electron chi connectivity index (χ3n) is 4.66. The fourth-order valence-electron chi connectivity index (χ4n) is 3.21. The molecule has 7 heteroatoms. The summed E-state index contributed by atoms with van der Waals surface area (Å²) in [5.74, 6) is -4.84. The van der Waals surface area contributed by atoms with E-state index in [1.165, 1.54) is 38.5 Å². The molecule has 2 aromatic carbocycles. The van der Waals surface area contributed by atoms with Crippen LogP contribution < -0.4 is 9.47 Å². The summed E-state index contributed by atoms with van der Waals surface area (Å²) in [5.41, 5.74) is 0.270. The number of halogens is 4. The van der Waals surface area contributed by atoms with Crippen molar-refractivity contribution >= 4 is 0 Å². The summed E-state index contributed by atoms with van der Waals surface area (Å²) < 4.78 is 71.3. The van der Waals surface area contributed by atoms with Crippen molar-refractivity contribution in [1.29, 1.82) is 0 Å². The van der Waals surface area contributed by atoms with Crippen molar-refractivity contribution in [2.45, 2.75) is 24.9 Å². The van der Waals surface area contributed by atoms with E-state index in [0.717, 1.165) is 0 Å². The number of benzene rings is 2. The molecule has 2 unspecified atom stereocenters. The highest BCUT2D eigenvalue weighted by Crippen LogP contribution is 2.39. The molecule has 3 nitrogen and oxygen atoms in total. The van der Waals surface area contributed by atoms with Gasteiger partial charge in [-0.1, -0.05) is 6.07 Å².